The van der Waals surface area contributed by atoms with E-state index >= 15 is 0 Å². The largest absolute Gasteiger partial charge is 0.329 e. The summed E-state index contributed by atoms with van der Waals surface area (Å²) in [5, 5.41) is 16.3. The smallest absolute Gasteiger partial charge is 0.318 e. The van der Waals surface area contributed by atoms with E-state index in [1.165, 1.54) is 11.6 Å². The minimum Gasteiger partial charge on any atom is -0.329 e. The van der Waals surface area contributed by atoms with Crippen LogP contribution in [0.5, 0.6) is 0 Å². The Labute approximate surface area is 162 Å². The molecule has 2 N–H and O–H groups in total. The van der Waals surface area contributed by atoms with E-state index in [1.807, 2.05) is 25.1 Å². The van der Waals surface area contributed by atoms with E-state index in [0.29, 0.717) is 30.8 Å². The zero-order chi connectivity index (χ0) is 20.1. The topological polar surface area (TPSA) is 105 Å². The minimum atomic E-state index is -0.468. The first-order valence-corrected chi connectivity index (χ1v) is 9.14. The number of hydrogen-bond acceptors (Lipinski definition) is 4. The Morgan fingerprint density at radius 2 is 1.93 bits per heavy atom. The van der Waals surface area contributed by atoms with Crippen molar-refractivity contribution in [3.8, 4) is 0 Å². The number of carbonyl (C=O) groups is 2. The molecule has 0 unspecified atom stereocenters. The van der Waals surface area contributed by atoms with Crippen LogP contribution in [0.2, 0.25) is 0 Å². The predicted molar refractivity (Wildman–Crippen MR) is 105 cm³/mol. The van der Waals surface area contributed by atoms with Gasteiger partial charge in [0.2, 0.25) is 5.91 Å². The highest BCUT2D eigenvalue weighted by molar-refractivity contribution is 5.94. The maximum absolute atomic E-state index is 12.3. The lowest BCUT2D eigenvalue weighted by atomic mass is 10.0. The number of hydrogen-bond donors (Lipinski definition) is 2. The van der Waals surface area contributed by atoms with Crippen LogP contribution in [-0.2, 0) is 24.2 Å². The van der Waals surface area contributed by atoms with Crippen molar-refractivity contribution in [2.45, 2.75) is 26.3 Å². The maximum atomic E-state index is 12.3. The Hall–Kier alpha value is -3.42. The Morgan fingerprint density at radius 1 is 1.18 bits per heavy atom. The highest BCUT2D eigenvalue weighted by Crippen LogP contribution is 2.23. The molecule has 2 aromatic rings. The van der Waals surface area contributed by atoms with Crippen LogP contribution in [-0.4, -0.2) is 34.9 Å². The van der Waals surface area contributed by atoms with Gasteiger partial charge >= 0.3 is 6.03 Å². The summed E-state index contributed by atoms with van der Waals surface area (Å²) < 4.78 is 0. The molecule has 2 aromatic carbocycles. The van der Waals surface area contributed by atoms with Gasteiger partial charge < -0.3 is 15.5 Å². The Morgan fingerprint density at radius 3 is 2.64 bits per heavy atom. The van der Waals surface area contributed by atoms with Crippen molar-refractivity contribution in [1.29, 1.82) is 0 Å². The van der Waals surface area contributed by atoms with E-state index in [4.69, 9.17) is 0 Å². The third-order valence-electron chi connectivity index (χ3n) is 4.76. The van der Waals surface area contributed by atoms with Gasteiger partial charge in [-0.25, -0.2) is 4.79 Å². The second-order valence-electron chi connectivity index (χ2n) is 6.60. The number of benzene rings is 2. The van der Waals surface area contributed by atoms with E-state index in [2.05, 4.69) is 16.7 Å². The van der Waals surface area contributed by atoms with Crippen LogP contribution in [0.25, 0.3) is 0 Å². The van der Waals surface area contributed by atoms with Crippen LogP contribution >= 0.6 is 0 Å². The number of nitrogens with zero attached hydrogens (tertiary/aromatic N) is 2. The van der Waals surface area contributed by atoms with E-state index in [9.17, 15) is 19.7 Å². The standard InChI is InChI=1S/C20H22N4O4/c1-2-14-7-8-17(11-18(14)24(27)28)22-19(25)12-21-20(26)23-10-9-15-5-3-4-6-16(15)13-23/h3-8,11H,2,9-10,12-13H2,1H3,(H,21,26)(H,22,25). The van der Waals surface area contributed by atoms with Crippen molar-refractivity contribution >= 4 is 23.3 Å². The molecular weight excluding hydrogens is 360 g/mol. The van der Waals surface area contributed by atoms with Crippen molar-refractivity contribution < 1.29 is 14.5 Å². The molecule has 0 radical (unpaired) electrons. The highest BCUT2D eigenvalue weighted by atomic mass is 16.6. The first kappa shape index (κ1) is 19.3. The predicted octanol–water partition coefficient (Wildman–Crippen LogP) is 2.86. The summed E-state index contributed by atoms with van der Waals surface area (Å²) >= 11 is 0. The Bertz CT molecular complexity index is 913. The molecule has 0 aromatic heterocycles. The summed E-state index contributed by atoms with van der Waals surface area (Å²) in [6, 6.07) is 12.2. The zero-order valence-electron chi connectivity index (χ0n) is 15.6. The van der Waals surface area contributed by atoms with Crippen LogP contribution in [0.15, 0.2) is 42.5 Å². The number of urea groups is 1. The number of rotatable bonds is 5. The molecule has 1 aliphatic rings. The lowest BCUT2D eigenvalue weighted by Crippen LogP contribution is -2.45. The zero-order valence-corrected chi connectivity index (χ0v) is 15.6. The summed E-state index contributed by atoms with van der Waals surface area (Å²) in [5.74, 6) is -0.440. The number of fused-ring (bicyclic) bond motifs is 1. The Balaban J connectivity index is 1.54. The summed E-state index contributed by atoms with van der Waals surface area (Å²) in [6.45, 7) is 2.72. The molecule has 8 heteroatoms. The molecule has 0 saturated heterocycles. The molecule has 0 atom stereocenters. The highest BCUT2D eigenvalue weighted by Gasteiger charge is 2.21. The summed E-state index contributed by atoms with van der Waals surface area (Å²) in [7, 11) is 0. The number of amides is 3. The molecule has 28 heavy (non-hydrogen) atoms. The van der Waals surface area contributed by atoms with Gasteiger partial charge in [-0.1, -0.05) is 37.3 Å². The molecule has 8 nitrogen and oxygen atoms in total. The van der Waals surface area contributed by atoms with Crippen molar-refractivity contribution in [2.75, 3.05) is 18.4 Å². The SMILES string of the molecule is CCc1ccc(NC(=O)CNC(=O)N2CCc3ccccc3C2)cc1[N+](=O)[O-]. The summed E-state index contributed by atoms with van der Waals surface area (Å²) in [5.41, 5.74) is 3.24. The van der Waals surface area contributed by atoms with Crippen molar-refractivity contribution in [3.63, 3.8) is 0 Å². The van der Waals surface area contributed by atoms with Crippen LogP contribution in [0.1, 0.15) is 23.6 Å². The first-order valence-electron chi connectivity index (χ1n) is 9.14. The molecule has 3 rings (SSSR count). The lowest BCUT2D eigenvalue weighted by molar-refractivity contribution is -0.385. The average Bonchev–Trinajstić information content (AvgIpc) is 2.71. The molecule has 146 valence electrons. The van der Waals surface area contributed by atoms with Gasteiger partial charge in [0.25, 0.3) is 5.69 Å². The van der Waals surface area contributed by atoms with Gasteiger partial charge in [0.05, 0.1) is 11.5 Å². The molecule has 3 amide bonds. The van der Waals surface area contributed by atoms with Crippen LogP contribution < -0.4 is 10.6 Å². The molecular formula is C20H22N4O4. The third-order valence-corrected chi connectivity index (χ3v) is 4.76. The fourth-order valence-corrected chi connectivity index (χ4v) is 3.25. The van der Waals surface area contributed by atoms with Crippen LogP contribution in [0, 0.1) is 10.1 Å². The van der Waals surface area contributed by atoms with Gasteiger partial charge in [-0.2, -0.15) is 0 Å². The van der Waals surface area contributed by atoms with Crippen LogP contribution in [0.4, 0.5) is 16.2 Å². The molecule has 0 fully saturated rings. The molecule has 1 heterocycles. The number of nitrogens with one attached hydrogen (secondary N) is 2. The van der Waals surface area contributed by atoms with Crippen molar-refractivity contribution in [2.24, 2.45) is 0 Å². The third kappa shape index (κ3) is 4.46. The molecule has 0 saturated carbocycles. The normalized spacial score (nSPS) is 12.8. The quantitative estimate of drug-likeness (QED) is 0.613. The van der Waals surface area contributed by atoms with Gasteiger partial charge in [-0.3, -0.25) is 14.9 Å². The monoisotopic (exact) mass is 382 g/mol. The van der Waals surface area contributed by atoms with Gasteiger partial charge in [-0.05, 0) is 30.0 Å². The molecule has 1 aliphatic heterocycles. The lowest BCUT2D eigenvalue weighted by Gasteiger charge is -2.28. The maximum Gasteiger partial charge on any atom is 0.318 e. The van der Waals surface area contributed by atoms with Gasteiger partial charge in [-0.15, -0.1) is 0 Å². The van der Waals surface area contributed by atoms with Crippen molar-refractivity contribution in [1.82, 2.24) is 10.2 Å². The first-order chi connectivity index (χ1) is 13.5. The van der Waals surface area contributed by atoms with E-state index in [0.717, 1.165) is 12.0 Å². The van der Waals surface area contributed by atoms with Gasteiger partial charge in [0.15, 0.2) is 0 Å². The number of nitro groups is 1. The second-order valence-corrected chi connectivity index (χ2v) is 6.60. The number of anilines is 1. The molecule has 0 spiro atoms. The fraction of sp³-hybridized carbons (Fsp3) is 0.300. The number of carbonyl (C=O) groups excluding carboxylic acids is 2. The van der Waals surface area contributed by atoms with E-state index < -0.39 is 10.8 Å². The van der Waals surface area contributed by atoms with Crippen molar-refractivity contribution in [3.05, 3.63) is 69.3 Å². The van der Waals surface area contributed by atoms with Crippen LogP contribution in [0.3, 0.4) is 0 Å². The molecule has 0 aliphatic carbocycles. The minimum absolute atomic E-state index is 0.0312. The van der Waals surface area contributed by atoms with E-state index in [1.54, 1.807) is 17.0 Å². The second kappa shape index (κ2) is 8.51. The summed E-state index contributed by atoms with van der Waals surface area (Å²) in [4.78, 5) is 36.8. The number of aryl methyl sites for hydroxylation is 1. The number of nitro benzene ring substituents is 1. The fourth-order valence-electron chi connectivity index (χ4n) is 3.25. The molecule has 0 bridgehead atoms. The van der Waals surface area contributed by atoms with E-state index in [-0.39, 0.29) is 18.3 Å². The van der Waals surface area contributed by atoms with Gasteiger partial charge in [0.1, 0.15) is 0 Å². The summed E-state index contributed by atoms with van der Waals surface area (Å²) in [6.07, 6.45) is 1.31. The average molecular weight is 382 g/mol. The Kier molecular flexibility index (Phi) is 5.88. The van der Waals surface area contributed by atoms with Gasteiger partial charge in [0, 0.05) is 30.4 Å².